The maximum absolute atomic E-state index is 13.1. The smallest absolute Gasteiger partial charge is 0.462 e. The second-order valence-electron chi connectivity index (χ2n) is 26.7. The van der Waals surface area contributed by atoms with Gasteiger partial charge < -0.3 is 33.8 Å². The van der Waals surface area contributed by atoms with Gasteiger partial charge in [0.15, 0.2) is 12.2 Å². The molecule has 0 fully saturated rings. The predicted octanol–water partition coefficient (Wildman–Crippen LogP) is 21.8. The van der Waals surface area contributed by atoms with E-state index < -0.39 is 97.5 Å². The van der Waals surface area contributed by atoms with E-state index in [1.165, 1.54) is 218 Å². The second kappa shape index (κ2) is 68.6. The van der Waals surface area contributed by atoms with Crippen LogP contribution in [0.5, 0.6) is 0 Å². The van der Waals surface area contributed by atoms with Crippen molar-refractivity contribution >= 4 is 39.5 Å². The highest BCUT2D eigenvalue weighted by molar-refractivity contribution is 7.47. The van der Waals surface area contributed by atoms with Gasteiger partial charge in [-0.3, -0.25) is 37.3 Å². The summed E-state index contributed by atoms with van der Waals surface area (Å²) in [4.78, 5) is 72.4. The molecule has 17 nitrogen and oxygen atoms in total. The Morgan fingerprint density at radius 2 is 0.430 bits per heavy atom. The minimum atomic E-state index is -4.95. The number of rotatable bonds is 75. The molecule has 0 aromatic heterocycles. The molecule has 0 heterocycles. The summed E-state index contributed by atoms with van der Waals surface area (Å²) in [5.41, 5.74) is 0. The van der Waals surface area contributed by atoms with E-state index in [0.717, 1.165) is 96.3 Å². The third-order valence-corrected chi connectivity index (χ3v) is 19.3. The molecule has 0 amide bonds. The number of aliphatic hydroxyl groups is 1. The highest BCUT2D eigenvalue weighted by Gasteiger charge is 2.30. The first-order valence-corrected chi connectivity index (χ1v) is 41.8. The molecule has 93 heavy (non-hydrogen) atoms. The zero-order valence-electron chi connectivity index (χ0n) is 60.2. The summed E-state index contributed by atoms with van der Waals surface area (Å²) in [6.45, 7) is 4.88. The fourth-order valence-corrected chi connectivity index (χ4v) is 13.0. The van der Waals surface area contributed by atoms with Crippen LogP contribution in [0.1, 0.15) is 394 Å². The Hall–Kier alpha value is -1.94. The van der Waals surface area contributed by atoms with E-state index in [0.29, 0.717) is 25.7 Å². The number of hydrogen-bond acceptors (Lipinski definition) is 15. The van der Waals surface area contributed by atoms with Gasteiger partial charge >= 0.3 is 39.5 Å². The zero-order valence-corrected chi connectivity index (χ0v) is 62.0. The average Bonchev–Trinajstić information content (AvgIpc) is 2.19. The van der Waals surface area contributed by atoms with Crippen molar-refractivity contribution in [2.45, 2.75) is 412 Å². The zero-order chi connectivity index (χ0) is 68.2. The molecule has 3 N–H and O–H groups in total. The van der Waals surface area contributed by atoms with Crippen molar-refractivity contribution in [3.05, 3.63) is 0 Å². The monoisotopic (exact) mass is 1370 g/mol. The van der Waals surface area contributed by atoms with Crippen LogP contribution >= 0.6 is 15.6 Å². The summed E-state index contributed by atoms with van der Waals surface area (Å²) in [7, 11) is -9.89. The standard InChI is InChI=1S/C74H144O17P2/c1-5-9-13-17-20-23-26-28-30-31-32-33-34-35-36-38-40-43-46-49-53-57-61-74(79)91-70(65-85-72(77)59-55-51-47-44-42-39-37-29-27-24-21-18-14-10-6-2)67-89-93(82,83)87-63-68(75)62-86-92(80,81)88-66-69(64-84-71(76)58-54-50-16-12-8-4)90-73(78)60-56-52-48-45-41-25-22-19-15-11-7-3/h68-70,75H,5-67H2,1-4H3,(H,80,81)(H,82,83)/t68-,69+,70+/m0/s1. The lowest BCUT2D eigenvalue weighted by Crippen LogP contribution is -2.30. The van der Waals surface area contributed by atoms with Crippen molar-refractivity contribution in [3.8, 4) is 0 Å². The van der Waals surface area contributed by atoms with Crippen LogP contribution in [-0.2, 0) is 65.4 Å². The molecular weight excluding hydrogens is 1220 g/mol. The van der Waals surface area contributed by atoms with Crippen molar-refractivity contribution in [2.24, 2.45) is 0 Å². The number of hydrogen-bond donors (Lipinski definition) is 3. The minimum absolute atomic E-state index is 0.107. The van der Waals surface area contributed by atoms with Gasteiger partial charge in [0.25, 0.3) is 0 Å². The quantitative estimate of drug-likeness (QED) is 0.0222. The molecule has 2 unspecified atom stereocenters. The SMILES string of the molecule is CCCCCCCCCCCCCCCCCCCCCCCCC(=O)O[C@H](COC(=O)CCCCCCCCCCCCCCCCC)COP(=O)(O)OC[C@@H](O)COP(=O)(O)OC[C@@H](COC(=O)CCCCCCC)OC(=O)CCCCCCCCCCCCC. The fourth-order valence-electron chi connectivity index (χ4n) is 11.4. The first-order valence-electron chi connectivity index (χ1n) is 38.8. The van der Waals surface area contributed by atoms with E-state index in [-0.39, 0.29) is 25.7 Å². The van der Waals surface area contributed by atoms with Crippen LogP contribution in [0, 0.1) is 0 Å². The number of phosphoric ester groups is 2. The Labute approximate surface area is 568 Å². The molecule has 0 spiro atoms. The van der Waals surface area contributed by atoms with Gasteiger partial charge in [0.05, 0.1) is 26.4 Å². The Balaban J connectivity index is 5.10. The van der Waals surface area contributed by atoms with Crippen LogP contribution in [0.25, 0.3) is 0 Å². The van der Waals surface area contributed by atoms with Crippen LogP contribution in [0.4, 0.5) is 0 Å². The van der Waals surface area contributed by atoms with E-state index >= 15 is 0 Å². The normalized spacial score (nSPS) is 13.9. The molecule has 0 aromatic rings. The minimum Gasteiger partial charge on any atom is -0.462 e. The highest BCUT2D eigenvalue weighted by atomic mass is 31.2. The van der Waals surface area contributed by atoms with Gasteiger partial charge in [-0.15, -0.1) is 0 Å². The maximum atomic E-state index is 13.1. The Kier molecular flexibility index (Phi) is 67.1. The second-order valence-corrected chi connectivity index (χ2v) is 29.6. The first kappa shape index (κ1) is 91.1. The van der Waals surface area contributed by atoms with Crippen molar-refractivity contribution in [2.75, 3.05) is 39.6 Å². The summed E-state index contributed by atoms with van der Waals surface area (Å²) < 4.78 is 68.2. The molecule has 0 rings (SSSR count). The lowest BCUT2D eigenvalue weighted by Gasteiger charge is -2.21. The van der Waals surface area contributed by atoms with E-state index in [4.69, 9.17) is 37.0 Å². The summed E-state index contributed by atoms with van der Waals surface area (Å²) in [5.74, 6) is -2.13. The van der Waals surface area contributed by atoms with Gasteiger partial charge in [0, 0.05) is 25.7 Å². The van der Waals surface area contributed by atoms with Crippen molar-refractivity contribution < 1.29 is 80.2 Å². The van der Waals surface area contributed by atoms with E-state index in [1.807, 2.05) is 0 Å². The number of aliphatic hydroxyl groups excluding tert-OH is 1. The van der Waals surface area contributed by atoms with Gasteiger partial charge in [0.2, 0.25) is 0 Å². The van der Waals surface area contributed by atoms with Gasteiger partial charge in [0.1, 0.15) is 19.3 Å². The molecule has 552 valence electrons. The lowest BCUT2D eigenvalue weighted by molar-refractivity contribution is -0.161. The fraction of sp³-hybridized carbons (Fsp3) is 0.946. The number of carbonyl (C=O) groups is 4. The Morgan fingerprint density at radius 3 is 0.634 bits per heavy atom. The van der Waals surface area contributed by atoms with Crippen LogP contribution in [0.3, 0.4) is 0 Å². The molecule has 0 aromatic carbocycles. The van der Waals surface area contributed by atoms with Crippen LogP contribution in [0.2, 0.25) is 0 Å². The van der Waals surface area contributed by atoms with Crippen molar-refractivity contribution in [3.63, 3.8) is 0 Å². The molecule has 0 saturated heterocycles. The van der Waals surface area contributed by atoms with Gasteiger partial charge in [-0.25, -0.2) is 9.13 Å². The number of ether oxygens (including phenoxy) is 4. The molecule has 0 aliphatic heterocycles. The molecule has 0 aliphatic rings. The van der Waals surface area contributed by atoms with Gasteiger partial charge in [-0.2, -0.15) is 0 Å². The Bertz CT molecular complexity index is 1770. The van der Waals surface area contributed by atoms with E-state index in [2.05, 4.69) is 27.7 Å². The predicted molar refractivity (Wildman–Crippen MR) is 377 cm³/mol. The van der Waals surface area contributed by atoms with Crippen LogP contribution in [0.15, 0.2) is 0 Å². The summed E-state index contributed by atoms with van der Waals surface area (Å²) in [6.07, 6.45) is 58.8. The molecular formula is C74H144O17P2. The Morgan fingerprint density at radius 1 is 0.258 bits per heavy atom. The van der Waals surface area contributed by atoms with Crippen LogP contribution < -0.4 is 0 Å². The van der Waals surface area contributed by atoms with Crippen LogP contribution in [-0.4, -0.2) is 96.7 Å². The number of phosphoric acid groups is 2. The van der Waals surface area contributed by atoms with Crippen molar-refractivity contribution in [1.29, 1.82) is 0 Å². The molecule has 0 bridgehead atoms. The molecule has 0 saturated carbocycles. The number of esters is 4. The average molecular weight is 1370 g/mol. The summed E-state index contributed by atoms with van der Waals surface area (Å²) in [6, 6.07) is 0. The summed E-state index contributed by atoms with van der Waals surface area (Å²) >= 11 is 0. The number of unbranched alkanes of at least 4 members (excludes halogenated alkanes) is 49. The topological polar surface area (TPSA) is 237 Å². The summed E-state index contributed by atoms with van der Waals surface area (Å²) in [5, 5.41) is 10.6. The first-order chi connectivity index (χ1) is 45.2. The van der Waals surface area contributed by atoms with E-state index in [9.17, 15) is 43.2 Å². The van der Waals surface area contributed by atoms with Gasteiger partial charge in [-0.1, -0.05) is 342 Å². The highest BCUT2D eigenvalue weighted by Crippen LogP contribution is 2.45. The molecule has 0 radical (unpaired) electrons. The molecule has 0 aliphatic carbocycles. The third kappa shape index (κ3) is 68.4. The van der Waals surface area contributed by atoms with E-state index in [1.54, 1.807) is 0 Å². The third-order valence-electron chi connectivity index (χ3n) is 17.4. The number of carbonyl (C=O) groups excluding carboxylic acids is 4. The maximum Gasteiger partial charge on any atom is 0.472 e. The van der Waals surface area contributed by atoms with Crippen molar-refractivity contribution in [1.82, 2.24) is 0 Å². The lowest BCUT2D eigenvalue weighted by atomic mass is 10.0. The largest absolute Gasteiger partial charge is 0.472 e. The molecule has 19 heteroatoms. The van der Waals surface area contributed by atoms with Gasteiger partial charge in [-0.05, 0) is 25.7 Å². The molecule has 5 atom stereocenters.